The van der Waals surface area contributed by atoms with Crippen LogP contribution in [0.4, 0.5) is 5.69 Å². The van der Waals surface area contributed by atoms with Crippen LogP contribution in [-0.4, -0.2) is 34.3 Å². The maximum Gasteiger partial charge on any atom is 0.235 e. The highest BCUT2D eigenvalue weighted by atomic mass is 35.5. The van der Waals surface area contributed by atoms with E-state index in [1.54, 1.807) is 0 Å². The number of amides is 1. The highest BCUT2D eigenvalue weighted by Crippen LogP contribution is 2.36. The van der Waals surface area contributed by atoms with Gasteiger partial charge >= 0.3 is 0 Å². The molecule has 2 aromatic carbocycles. The number of anilines is 1. The Labute approximate surface area is 175 Å². The van der Waals surface area contributed by atoms with Gasteiger partial charge in [-0.15, -0.1) is 12.4 Å². The smallest absolute Gasteiger partial charge is 0.235 e. The average molecular weight is 414 g/mol. The molecule has 152 valence electrons. The number of hydrogen-bond donors (Lipinski definition) is 3. The van der Waals surface area contributed by atoms with Crippen LogP contribution in [0.5, 0.6) is 0 Å². The number of aromatic nitrogens is 3. The van der Waals surface area contributed by atoms with Gasteiger partial charge in [0, 0.05) is 24.5 Å². The molecule has 3 aromatic rings. The van der Waals surface area contributed by atoms with Crippen molar-refractivity contribution in [1.82, 2.24) is 15.2 Å². The van der Waals surface area contributed by atoms with Crippen molar-refractivity contribution in [3.8, 4) is 11.4 Å². The van der Waals surface area contributed by atoms with Gasteiger partial charge in [-0.25, -0.2) is 4.98 Å². The topological polar surface area (TPSA) is 106 Å². The molecule has 1 fully saturated rings. The third-order valence-corrected chi connectivity index (χ3v) is 5.23. The maximum atomic E-state index is 13.3. The summed E-state index contributed by atoms with van der Waals surface area (Å²) in [7, 11) is 0. The first-order valence-corrected chi connectivity index (χ1v) is 9.38. The molecule has 1 amide bonds. The summed E-state index contributed by atoms with van der Waals surface area (Å²) in [5.41, 5.74) is 7.62. The monoisotopic (exact) mass is 413 g/mol. The summed E-state index contributed by atoms with van der Waals surface area (Å²) >= 11 is 0. The second-order valence-electron chi connectivity index (χ2n) is 6.90. The van der Waals surface area contributed by atoms with Crippen molar-refractivity contribution in [1.29, 1.82) is 0 Å². The number of carbonyl (C=O) groups excluding carboxylic acids is 1. The zero-order valence-electron chi connectivity index (χ0n) is 15.9. The first kappa shape index (κ1) is 21.0. The van der Waals surface area contributed by atoms with Crippen LogP contribution < -0.4 is 11.1 Å². The summed E-state index contributed by atoms with van der Waals surface area (Å²) < 4.78 is 5.52. The van der Waals surface area contributed by atoms with E-state index in [-0.39, 0.29) is 18.3 Å². The molecule has 0 radical (unpaired) electrons. The molecule has 7 nitrogen and oxygen atoms in total. The van der Waals surface area contributed by atoms with Crippen molar-refractivity contribution in [2.75, 3.05) is 18.5 Å². The lowest BCUT2D eigenvalue weighted by Crippen LogP contribution is -2.44. The summed E-state index contributed by atoms with van der Waals surface area (Å²) in [5, 5.41) is 10.0. The van der Waals surface area contributed by atoms with Crippen LogP contribution in [0.3, 0.4) is 0 Å². The molecule has 0 aliphatic carbocycles. The zero-order chi connectivity index (χ0) is 19.4. The number of nitrogens with zero attached hydrogens (tertiary/aromatic N) is 2. The molecule has 0 bridgehead atoms. The second kappa shape index (κ2) is 9.17. The number of benzene rings is 2. The van der Waals surface area contributed by atoms with E-state index in [1.165, 1.54) is 0 Å². The largest absolute Gasteiger partial charge is 0.381 e. The number of H-pyrrole nitrogens is 1. The minimum absolute atomic E-state index is 0. The lowest BCUT2D eigenvalue weighted by atomic mass is 9.73. The molecule has 4 N–H and O–H groups in total. The summed E-state index contributed by atoms with van der Waals surface area (Å²) in [4.78, 5) is 17.6. The summed E-state index contributed by atoms with van der Waals surface area (Å²) in [6.45, 7) is 1.47. The predicted molar refractivity (Wildman–Crippen MR) is 114 cm³/mol. The van der Waals surface area contributed by atoms with Crippen LogP contribution >= 0.6 is 12.4 Å². The molecule has 4 rings (SSSR count). The van der Waals surface area contributed by atoms with Gasteiger partial charge in [-0.2, -0.15) is 5.10 Å². The van der Waals surface area contributed by atoms with Gasteiger partial charge in [-0.1, -0.05) is 30.3 Å². The van der Waals surface area contributed by atoms with E-state index in [0.29, 0.717) is 44.2 Å². The molecule has 0 spiro atoms. The lowest BCUT2D eigenvalue weighted by molar-refractivity contribution is -0.125. The molecular formula is C21H24ClN5O2. The van der Waals surface area contributed by atoms with Gasteiger partial charge in [0.15, 0.2) is 5.82 Å². The van der Waals surface area contributed by atoms with Gasteiger partial charge in [0.25, 0.3) is 0 Å². The summed E-state index contributed by atoms with van der Waals surface area (Å²) in [6.07, 6.45) is 1.33. The number of aromatic amines is 1. The van der Waals surface area contributed by atoms with Crippen molar-refractivity contribution in [3.63, 3.8) is 0 Å². The number of hydrogen-bond acceptors (Lipinski definition) is 5. The van der Waals surface area contributed by atoms with Gasteiger partial charge < -0.3 is 15.8 Å². The first-order chi connectivity index (χ1) is 13.7. The Bertz CT molecular complexity index is 937. The predicted octanol–water partition coefficient (Wildman–Crippen LogP) is 3.04. The van der Waals surface area contributed by atoms with Crippen molar-refractivity contribution in [2.24, 2.45) is 5.73 Å². The van der Waals surface area contributed by atoms with Gasteiger partial charge in [0.1, 0.15) is 5.82 Å². The fraction of sp³-hybridized carbons (Fsp3) is 0.286. The van der Waals surface area contributed by atoms with Crippen molar-refractivity contribution >= 4 is 24.0 Å². The van der Waals surface area contributed by atoms with Crippen LogP contribution in [-0.2, 0) is 21.5 Å². The maximum absolute atomic E-state index is 13.3. The number of rotatable bonds is 5. The summed E-state index contributed by atoms with van der Waals surface area (Å²) in [6, 6.07) is 17.5. The van der Waals surface area contributed by atoms with Crippen LogP contribution in [0.2, 0.25) is 0 Å². The Morgan fingerprint density at radius 2 is 1.79 bits per heavy atom. The number of carbonyl (C=O) groups is 1. The van der Waals surface area contributed by atoms with Crippen LogP contribution in [0, 0.1) is 0 Å². The minimum Gasteiger partial charge on any atom is -0.381 e. The molecule has 1 aromatic heterocycles. The molecule has 1 aliphatic rings. The normalized spacial score (nSPS) is 15.3. The van der Waals surface area contributed by atoms with E-state index in [1.807, 2.05) is 54.6 Å². The minimum atomic E-state index is -0.571. The molecule has 8 heteroatoms. The third-order valence-electron chi connectivity index (χ3n) is 5.23. The second-order valence-corrected chi connectivity index (χ2v) is 6.90. The Hall–Kier alpha value is -2.74. The molecule has 1 aliphatic heterocycles. The average Bonchev–Trinajstić information content (AvgIpc) is 3.25. The number of nitrogens with two attached hydrogens (primary N) is 1. The molecule has 29 heavy (non-hydrogen) atoms. The van der Waals surface area contributed by atoms with E-state index in [0.717, 1.165) is 16.8 Å². The first-order valence-electron chi connectivity index (χ1n) is 9.38. The Balaban J connectivity index is 0.00000240. The van der Waals surface area contributed by atoms with E-state index >= 15 is 0 Å². The molecule has 2 heterocycles. The number of ether oxygens (including phenoxy) is 1. The number of nitrogens with one attached hydrogen (secondary N) is 2. The van der Waals surface area contributed by atoms with Crippen molar-refractivity contribution in [3.05, 3.63) is 66.0 Å². The molecule has 1 saturated heterocycles. The van der Waals surface area contributed by atoms with Crippen LogP contribution in [0.25, 0.3) is 11.4 Å². The number of halogens is 1. The van der Waals surface area contributed by atoms with Crippen molar-refractivity contribution in [2.45, 2.75) is 24.8 Å². The van der Waals surface area contributed by atoms with E-state index in [9.17, 15) is 4.79 Å². The quantitative estimate of drug-likeness (QED) is 0.596. The standard InChI is InChI=1S/C21H23N5O2.ClH/c22-14-18-24-19(26-25-18)15-6-8-17(9-7-15)23-20(27)21(10-12-28-13-11-21)16-4-2-1-3-5-16;/h1-9H,10-14,22H2,(H,23,27)(H,24,25,26);1H. The third kappa shape index (κ3) is 4.32. The van der Waals surface area contributed by atoms with E-state index < -0.39 is 5.41 Å². The van der Waals surface area contributed by atoms with E-state index in [4.69, 9.17) is 10.5 Å². The highest BCUT2D eigenvalue weighted by molar-refractivity contribution is 5.99. The van der Waals surface area contributed by atoms with Gasteiger partial charge in [0.05, 0.1) is 12.0 Å². The molecular weight excluding hydrogens is 390 g/mol. The lowest BCUT2D eigenvalue weighted by Gasteiger charge is -2.36. The fourth-order valence-electron chi connectivity index (χ4n) is 3.59. The molecule has 0 atom stereocenters. The van der Waals surface area contributed by atoms with E-state index in [2.05, 4.69) is 20.5 Å². The molecule has 0 saturated carbocycles. The van der Waals surface area contributed by atoms with Crippen LogP contribution in [0.1, 0.15) is 24.2 Å². The fourth-order valence-corrected chi connectivity index (χ4v) is 3.59. The Morgan fingerprint density at radius 1 is 1.10 bits per heavy atom. The Morgan fingerprint density at radius 3 is 2.41 bits per heavy atom. The molecule has 0 unspecified atom stereocenters. The van der Waals surface area contributed by atoms with Crippen LogP contribution in [0.15, 0.2) is 54.6 Å². The van der Waals surface area contributed by atoms with Gasteiger partial charge in [-0.05, 0) is 42.7 Å². The zero-order valence-corrected chi connectivity index (χ0v) is 16.7. The van der Waals surface area contributed by atoms with Crippen molar-refractivity contribution < 1.29 is 9.53 Å². The summed E-state index contributed by atoms with van der Waals surface area (Å²) in [5.74, 6) is 1.22. The van der Waals surface area contributed by atoms with Gasteiger partial charge in [-0.3, -0.25) is 9.89 Å². The Kier molecular flexibility index (Phi) is 6.64. The SMILES string of the molecule is Cl.NCc1nc(-c2ccc(NC(=O)C3(c4ccccc4)CCOCC3)cc2)n[nH]1. The highest BCUT2D eigenvalue weighted by Gasteiger charge is 2.41. The van der Waals surface area contributed by atoms with Gasteiger partial charge in [0.2, 0.25) is 5.91 Å².